The van der Waals surface area contributed by atoms with Crippen molar-refractivity contribution in [3.05, 3.63) is 59.7 Å². The standard InChI is InChI=1S/C20H24N2O2/c21-17-8-6-16(7-9-17)19(20(23)24)14-15-4-10-18(11-5-15)22-12-2-1-3-13-22/h4-11,19H,1-3,12-14,21H2,(H,23,24). The van der Waals surface area contributed by atoms with E-state index in [9.17, 15) is 9.90 Å². The number of aliphatic carboxylic acids is 1. The lowest BCUT2D eigenvalue weighted by Gasteiger charge is -2.29. The van der Waals surface area contributed by atoms with Crippen LogP contribution in [0.3, 0.4) is 0 Å². The Morgan fingerprint density at radius 3 is 2.21 bits per heavy atom. The van der Waals surface area contributed by atoms with Crippen LogP contribution in [0.2, 0.25) is 0 Å². The van der Waals surface area contributed by atoms with E-state index in [1.54, 1.807) is 24.3 Å². The van der Waals surface area contributed by atoms with Crippen molar-refractivity contribution >= 4 is 17.3 Å². The number of anilines is 2. The van der Waals surface area contributed by atoms with E-state index in [1.165, 1.54) is 24.9 Å². The van der Waals surface area contributed by atoms with Gasteiger partial charge in [-0.2, -0.15) is 0 Å². The quantitative estimate of drug-likeness (QED) is 0.824. The zero-order valence-corrected chi connectivity index (χ0v) is 13.8. The molecule has 4 heteroatoms. The molecular weight excluding hydrogens is 300 g/mol. The van der Waals surface area contributed by atoms with Crippen molar-refractivity contribution in [2.45, 2.75) is 31.6 Å². The number of carbonyl (C=O) groups is 1. The monoisotopic (exact) mass is 324 g/mol. The SMILES string of the molecule is Nc1ccc(C(Cc2ccc(N3CCCCC3)cc2)C(=O)O)cc1. The van der Waals surface area contributed by atoms with E-state index in [4.69, 9.17) is 5.73 Å². The van der Waals surface area contributed by atoms with Crippen molar-refractivity contribution in [1.29, 1.82) is 0 Å². The fraction of sp³-hybridized carbons (Fsp3) is 0.350. The van der Waals surface area contributed by atoms with Gasteiger partial charge in [-0.3, -0.25) is 4.79 Å². The van der Waals surface area contributed by atoms with E-state index in [0.717, 1.165) is 24.2 Å². The molecule has 0 aliphatic carbocycles. The highest BCUT2D eigenvalue weighted by molar-refractivity contribution is 5.76. The third-order valence-electron chi connectivity index (χ3n) is 4.73. The highest BCUT2D eigenvalue weighted by Gasteiger charge is 2.20. The van der Waals surface area contributed by atoms with Crippen LogP contribution >= 0.6 is 0 Å². The second-order valence-electron chi connectivity index (χ2n) is 6.48. The van der Waals surface area contributed by atoms with E-state index in [1.807, 2.05) is 0 Å². The van der Waals surface area contributed by atoms with Crippen LogP contribution in [0.5, 0.6) is 0 Å². The number of benzene rings is 2. The molecule has 1 saturated heterocycles. The summed E-state index contributed by atoms with van der Waals surface area (Å²) < 4.78 is 0. The maximum absolute atomic E-state index is 11.7. The van der Waals surface area contributed by atoms with Crippen molar-refractivity contribution in [2.24, 2.45) is 0 Å². The Morgan fingerprint density at radius 2 is 1.62 bits per heavy atom. The Kier molecular flexibility index (Phi) is 5.04. The maximum atomic E-state index is 11.7. The first-order chi connectivity index (χ1) is 11.6. The van der Waals surface area contributed by atoms with Crippen LogP contribution in [0.4, 0.5) is 11.4 Å². The molecule has 2 aromatic carbocycles. The lowest BCUT2D eigenvalue weighted by molar-refractivity contribution is -0.138. The zero-order chi connectivity index (χ0) is 16.9. The second kappa shape index (κ2) is 7.39. The number of hydrogen-bond donors (Lipinski definition) is 2. The molecule has 1 heterocycles. The first-order valence-corrected chi connectivity index (χ1v) is 8.55. The molecule has 0 amide bonds. The molecule has 24 heavy (non-hydrogen) atoms. The molecule has 1 unspecified atom stereocenters. The van der Waals surface area contributed by atoms with Gasteiger partial charge in [-0.05, 0) is 61.1 Å². The summed E-state index contributed by atoms with van der Waals surface area (Å²) in [6.07, 6.45) is 4.30. The van der Waals surface area contributed by atoms with E-state index in [0.29, 0.717) is 12.1 Å². The molecule has 1 atom stereocenters. The summed E-state index contributed by atoms with van der Waals surface area (Å²) in [5.74, 6) is -1.36. The van der Waals surface area contributed by atoms with E-state index < -0.39 is 11.9 Å². The predicted octanol–water partition coefficient (Wildman–Crippen LogP) is 3.67. The predicted molar refractivity (Wildman–Crippen MR) is 97.4 cm³/mol. The summed E-state index contributed by atoms with van der Waals surface area (Å²) in [6.45, 7) is 2.23. The summed E-state index contributed by atoms with van der Waals surface area (Å²) in [7, 11) is 0. The molecule has 0 aromatic heterocycles. The van der Waals surface area contributed by atoms with Gasteiger partial charge < -0.3 is 15.7 Å². The number of nitrogens with zero attached hydrogens (tertiary/aromatic N) is 1. The number of rotatable bonds is 5. The van der Waals surface area contributed by atoms with Crippen LogP contribution < -0.4 is 10.6 Å². The maximum Gasteiger partial charge on any atom is 0.311 e. The van der Waals surface area contributed by atoms with Crippen molar-refractivity contribution in [3.8, 4) is 0 Å². The fourth-order valence-electron chi connectivity index (χ4n) is 3.31. The number of carboxylic acids is 1. The highest BCUT2D eigenvalue weighted by Crippen LogP contribution is 2.25. The third-order valence-corrected chi connectivity index (χ3v) is 4.73. The molecule has 4 nitrogen and oxygen atoms in total. The van der Waals surface area contributed by atoms with Gasteiger partial charge in [0.1, 0.15) is 0 Å². The second-order valence-corrected chi connectivity index (χ2v) is 6.48. The van der Waals surface area contributed by atoms with Gasteiger partial charge in [0.05, 0.1) is 5.92 Å². The molecule has 3 rings (SSSR count). The van der Waals surface area contributed by atoms with E-state index in [2.05, 4.69) is 29.2 Å². The van der Waals surface area contributed by atoms with Crippen LogP contribution in [-0.4, -0.2) is 24.2 Å². The van der Waals surface area contributed by atoms with Gasteiger partial charge >= 0.3 is 5.97 Å². The minimum absolute atomic E-state index is 0.486. The van der Waals surface area contributed by atoms with E-state index in [-0.39, 0.29) is 0 Å². The minimum Gasteiger partial charge on any atom is -0.481 e. The van der Waals surface area contributed by atoms with Crippen LogP contribution in [0.1, 0.15) is 36.3 Å². The molecule has 0 bridgehead atoms. The molecule has 0 radical (unpaired) electrons. The average Bonchev–Trinajstić information content (AvgIpc) is 2.62. The lowest BCUT2D eigenvalue weighted by Crippen LogP contribution is -2.29. The molecule has 1 fully saturated rings. The molecule has 2 aromatic rings. The number of carboxylic acid groups (broad SMARTS) is 1. The zero-order valence-electron chi connectivity index (χ0n) is 13.8. The molecular formula is C20H24N2O2. The summed E-state index contributed by atoms with van der Waals surface area (Å²) in [5, 5.41) is 9.58. The highest BCUT2D eigenvalue weighted by atomic mass is 16.4. The summed E-state index contributed by atoms with van der Waals surface area (Å²) in [6, 6.07) is 15.4. The van der Waals surface area contributed by atoms with Crippen molar-refractivity contribution in [3.63, 3.8) is 0 Å². The van der Waals surface area contributed by atoms with Crippen molar-refractivity contribution in [1.82, 2.24) is 0 Å². The van der Waals surface area contributed by atoms with Crippen LogP contribution in [0.15, 0.2) is 48.5 Å². The summed E-state index contributed by atoms with van der Waals surface area (Å²) in [5.41, 5.74) is 9.40. The molecule has 126 valence electrons. The molecule has 1 aliphatic heterocycles. The smallest absolute Gasteiger partial charge is 0.311 e. The number of nitrogen functional groups attached to an aromatic ring is 1. The minimum atomic E-state index is -0.806. The third kappa shape index (κ3) is 3.88. The van der Waals surface area contributed by atoms with Crippen LogP contribution in [-0.2, 0) is 11.2 Å². The number of hydrogen-bond acceptors (Lipinski definition) is 3. The first-order valence-electron chi connectivity index (χ1n) is 8.55. The van der Waals surface area contributed by atoms with Crippen LogP contribution in [0.25, 0.3) is 0 Å². The molecule has 0 saturated carbocycles. The summed E-state index contributed by atoms with van der Waals surface area (Å²) >= 11 is 0. The van der Waals surface area contributed by atoms with Crippen LogP contribution in [0, 0.1) is 0 Å². The largest absolute Gasteiger partial charge is 0.481 e. The van der Waals surface area contributed by atoms with Gasteiger partial charge in [-0.15, -0.1) is 0 Å². The van der Waals surface area contributed by atoms with E-state index >= 15 is 0 Å². The van der Waals surface area contributed by atoms with Crippen molar-refractivity contribution < 1.29 is 9.90 Å². The average molecular weight is 324 g/mol. The lowest BCUT2D eigenvalue weighted by atomic mass is 9.92. The topological polar surface area (TPSA) is 66.6 Å². The number of piperidine rings is 1. The molecule has 0 spiro atoms. The van der Waals surface area contributed by atoms with Gasteiger partial charge in [0.15, 0.2) is 0 Å². The number of nitrogens with two attached hydrogens (primary N) is 1. The first kappa shape index (κ1) is 16.4. The van der Waals surface area contributed by atoms with Gasteiger partial charge in [0.25, 0.3) is 0 Å². The Morgan fingerprint density at radius 1 is 1.00 bits per heavy atom. The van der Waals surface area contributed by atoms with Gasteiger partial charge in [0, 0.05) is 24.5 Å². The summed E-state index contributed by atoms with van der Waals surface area (Å²) in [4.78, 5) is 14.1. The fourth-order valence-corrected chi connectivity index (χ4v) is 3.31. The molecule has 3 N–H and O–H groups in total. The Hall–Kier alpha value is -2.49. The Bertz CT molecular complexity index is 674. The normalized spacial score (nSPS) is 15.9. The Labute approximate surface area is 142 Å². The van der Waals surface area contributed by atoms with Gasteiger partial charge in [-0.25, -0.2) is 0 Å². The van der Waals surface area contributed by atoms with Gasteiger partial charge in [0.2, 0.25) is 0 Å². The van der Waals surface area contributed by atoms with Crippen molar-refractivity contribution in [2.75, 3.05) is 23.7 Å². The molecule has 1 aliphatic rings. The van der Waals surface area contributed by atoms with Gasteiger partial charge in [-0.1, -0.05) is 24.3 Å². The Balaban J connectivity index is 1.73.